The Morgan fingerprint density at radius 3 is 1.64 bits per heavy atom. The molecule has 0 amide bonds. The average molecular weight is 275 g/mol. The van der Waals surface area contributed by atoms with Crippen LogP contribution in [-0.4, -0.2) is 0 Å². The molecule has 0 fully saturated rings. The van der Waals surface area contributed by atoms with Crippen LogP contribution in [0.5, 0.6) is 0 Å². The summed E-state index contributed by atoms with van der Waals surface area (Å²) >= 11 is 1.17. The van der Waals surface area contributed by atoms with E-state index in [1.54, 1.807) is 0 Å². The SMILES string of the molecule is Fc1[c]c(F)c(F)c(I)c1F. The molecule has 0 aromatic heterocycles. The fourth-order valence-corrected chi connectivity index (χ4v) is 0.969. The fraction of sp³-hybridized carbons (Fsp3) is 0. The molecule has 1 aromatic rings. The summed E-state index contributed by atoms with van der Waals surface area (Å²) in [6, 6.07) is 1.26. The van der Waals surface area contributed by atoms with Crippen LogP contribution in [0.15, 0.2) is 0 Å². The summed E-state index contributed by atoms with van der Waals surface area (Å²) in [6.07, 6.45) is 0. The first-order chi connectivity index (χ1) is 5.04. The molecule has 0 heterocycles. The van der Waals surface area contributed by atoms with Crippen LogP contribution in [-0.2, 0) is 0 Å². The van der Waals surface area contributed by atoms with Crippen LogP contribution in [0.1, 0.15) is 0 Å². The lowest BCUT2D eigenvalue weighted by atomic mass is 10.3. The van der Waals surface area contributed by atoms with Gasteiger partial charge in [0.1, 0.15) is 0 Å². The molecule has 0 aliphatic rings. The number of halogens is 5. The first-order valence-electron chi connectivity index (χ1n) is 2.44. The van der Waals surface area contributed by atoms with Crippen LogP contribution in [0.4, 0.5) is 17.6 Å². The monoisotopic (exact) mass is 275 g/mol. The van der Waals surface area contributed by atoms with Crippen LogP contribution >= 0.6 is 22.6 Å². The highest BCUT2D eigenvalue weighted by atomic mass is 127. The minimum atomic E-state index is -1.51. The number of hydrogen-bond acceptors (Lipinski definition) is 0. The quantitative estimate of drug-likeness (QED) is 0.295. The van der Waals surface area contributed by atoms with Crippen molar-refractivity contribution in [3.8, 4) is 0 Å². The highest BCUT2D eigenvalue weighted by Crippen LogP contribution is 2.19. The normalized spacial score (nSPS) is 10.3. The van der Waals surface area contributed by atoms with Gasteiger partial charge in [0.25, 0.3) is 0 Å². The molecule has 59 valence electrons. The zero-order chi connectivity index (χ0) is 8.59. The molecule has 1 aromatic carbocycles. The Labute approximate surface area is 73.4 Å². The van der Waals surface area contributed by atoms with Gasteiger partial charge in [0, 0.05) is 0 Å². The standard InChI is InChI=1S/C6F4I/c7-2-1-3(8)5(10)6(11)4(2)9. The van der Waals surface area contributed by atoms with Gasteiger partial charge < -0.3 is 0 Å². The summed E-state index contributed by atoms with van der Waals surface area (Å²) in [5.41, 5.74) is 0. The van der Waals surface area contributed by atoms with Gasteiger partial charge in [-0.25, -0.2) is 17.6 Å². The third-order valence-electron chi connectivity index (χ3n) is 0.990. The van der Waals surface area contributed by atoms with Gasteiger partial charge in [0.15, 0.2) is 23.3 Å². The van der Waals surface area contributed by atoms with E-state index < -0.39 is 26.8 Å². The van der Waals surface area contributed by atoms with Crippen molar-refractivity contribution in [1.82, 2.24) is 0 Å². The summed E-state index contributed by atoms with van der Waals surface area (Å²) in [5.74, 6) is -5.84. The Bertz CT molecular complexity index is 271. The molecule has 0 saturated heterocycles. The Hall–Kier alpha value is -0.330. The van der Waals surface area contributed by atoms with Crippen LogP contribution in [0.2, 0.25) is 0 Å². The lowest BCUT2D eigenvalue weighted by Crippen LogP contribution is -1.97. The molecule has 11 heavy (non-hydrogen) atoms. The van der Waals surface area contributed by atoms with Crippen molar-refractivity contribution >= 4 is 22.6 Å². The first kappa shape index (κ1) is 8.76. The second-order valence-electron chi connectivity index (χ2n) is 1.69. The summed E-state index contributed by atoms with van der Waals surface area (Å²) < 4.78 is 48.4. The highest BCUT2D eigenvalue weighted by molar-refractivity contribution is 14.1. The molecule has 0 N–H and O–H groups in total. The second-order valence-corrected chi connectivity index (χ2v) is 2.77. The maximum Gasteiger partial charge on any atom is 0.175 e. The third-order valence-corrected chi connectivity index (χ3v) is 1.94. The predicted molar refractivity (Wildman–Crippen MR) is 37.8 cm³/mol. The Morgan fingerprint density at radius 2 is 1.27 bits per heavy atom. The van der Waals surface area contributed by atoms with Crippen LogP contribution in [0.3, 0.4) is 0 Å². The van der Waals surface area contributed by atoms with Gasteiger partial charge in [-0.15, -0.1) is 0 Å². The Kier molecular flexibility index (Phi) is 2.36. The van der Waals surface area contributed by atoms with E-state index in [1.807, 2.05) is 0 Å². The van der Waals surface area contributed by atoms with E-state index in [2.05, 4.69) is 0 Å². The summed E-state index contributed by atoms with van der Waals surface area (Å²) in [4.78, 5) is 0. The molecule has 0 aliphatic heterocycles. The van der Waals surface area contributed by atoms with Crippen molar-refractivity contribution in [3.05, 3.63) is 32.9 Å². The number of rotatable bonds is 0. The van der Waals surface area contributed by atoms with Crippen molar-refractivity contribution in [2.45, 2.75) is 0 Å². The number of hydrogen-bond donors (Lipinski definition) is 0. The van der Waals surface area contributed by atoms with Crippen molar-refractivity contribution < 1.29 is 17.6 Å². The second kappa shape index (κ2) is 2.96. The Morgan fingerprint density at radius 1 is 0.909 bits per heavy atom. The van der Waals surface area contributed by atoms with E-state index in [-0.39, 0.29) is 0 Å². The smallest absolute Gasteiger partial charge is 0.175 e. The zero-order valence-electron chi connectivity index (χ0n) is 4.89. The molecule has 0 bridgehead atoms. The minimum absolute atomic E-state index is 0.698. The van der Waals surface area contributed by atoms with Gasteiger partial charge in [0.05, 0.1) is 9.64 Å². The maximum absolute atomic E-state index is 12.4. The lowest BCUT2D eigenvalue weighted by molar-refractivity contribution is 0.443. The summed E-state index contributed by atoms with van der Waals surface area (Å²) in [6.45, 7) is 0. The van der Waals surface area contributed by atoms with Crippen LogP contribution in [0.25, 0.3) is 0 Å². The topological polar surface area (TPSA) is 0 Å². The van der Waals surface area contributed by atoms with Crippen molar-refractivity contribution in [3.63, 3.8) is 0 Å². The molecule has 0 unspecified atom stereocenters. The van der Waals surface area contributed by atoms with E-state index in [0.717, 1.165) is 0 Å². The predicted octanol–water partition coefficient (Wildman–Crippen LogP) is 2.65. The lowest BCUT2D eigenvalue weighted by Gasteiger charge is -1.97. The molecule has 0 spiro atoms. The van der Waals surface area contributed by atoms with E-state index in [9.17, 15) is 17.6 Å². The van der Waals surface area contributed by atoms with Gasteiger partial charge in [0.2, 0.25) is 0 Å². The van der Waals surface area contributed by atoms with E-state index in [1.165, 1.54) is 28.7 Å². The van der Waals surface area contributed by atoms with Crippen molar-refractivity contribution in [2.24, 2.45) is 0 Å². The van der Waals surface area contributed by atoms with Gasteiger partial charge in [-0.05, 0) is 22.6 Å². The number of benzene rings is 1. The van der Waals surface area contributed by atoms with E-state index in [0.29, 0.717) is 0 Å². The summed E-state index contributed by atoms with van der Waals surface area (Å²) in [5, 5.41) is 0. The molecule has 0 nitrogen and oxygen atoms in total. The molecule has 0 aliphatic carbocycles. The molecule has 0 saturated carbocycles. The molecule has 0 atom stereocenters. The highest BCUT2D eigenvalue weighted by Gasteiger charge is 2.16. The Balaban J connectivity index is 3.46. The zero-order valence-corrected chi connectivity index (χ0v) is 7.05. The van der Waals surface area contributed by atoms with E-state index in [4.69, 9.17) is 0 Å². The van der Waals surface area contributed by atoms with Gasteiger partial charge in [-0.2, -0.15) is 0 Å². The van der Waals surface area contributed by atoms with Gasteiger partial charge in [-0.1, -0.05) is 0 Å². The van der Waals surface area contributed by atoms with E-state index >= 15 is 0 Å². The molecule has 5 heteroatoms. The van der Waals surface area contributed by atoms with Crippen LogP contribution < -0.4 is 0 Å². The minimum Gasteiger partial charge on any atom is -0.203 e. The first-order valence-corrected chi connectivity index (χ1v) is 3.52. The molecular formula is C6F4I. The average Bonchev–Trinajstić information content (AvgIpc) is 1.97. The maximum atomic E-state index is 12.4. The summed E-state index contributed by atoms with van der Waals surface area (Å²) in [7, 11) is 0. The fourth-order valence-electron chi connectivity index (χ4n) is 0.495. The van der Waals surface area contributed by atoms with Gasteiger partial charge in [-0.3, -0.25) is 0 Å². The molecule has 1 radical (unpaired) electrons. The third kappa shape index (κ3) is 1.47. The molecular weight excluding hydrogens is 275 g/mol. The van der Waals surface area contributed by atoms with Crippen molar-refractivity contribution in [2.75, 3.05) is 0 Å². The van der Waals surface area contributed by atoms with Gasteiger partial charge >= 0.3 is 0 Å². The largest absolute Gasteiger partial charge is 0.203 e. The van der Waals surface area contributed by atoms with Crippen LogP contribution in [0, 0.1) is 32.9 Å². The molecule has 1 rings (SSSR count). The van der Waals surface area contributed by atoms with Crippen molar-refractivity contribution in [1.29, 1.82) is 0 Å².